The van der Waals surface area contributed by atoms with Crippen LogP contribution in [0.3, 0.4) is 0 Å². The first kappa shape index (κ1) is 11.4. The van der Waals surface area contributed by atoms with Crippen LogP contribution < -0.4 is 5.73 Å². The van der Waals surface area contributed by atoms with E-state index in [1.54, 1.807) is 12.5 Å². The van der Waals surface area contributed by atoms with Gasteiger partial charge in [0.2, 0.25) is 5.79 Å². The van der Waals surface area contributed by atoms with Crippen molar-refractivity contribution >= 4 is 0 Å². The zero-order valence-corrected chi connectivity index (χ0v) is 9.00. The minimum Gasteiger partial charge on any atom is -0.457 e. The lowest BCUT2D eigenvalue weighted by atomic mass is 10.1. The maximum absolute atomic E-state index is 5.42. The van der Waals surface area contributed by atoms with Gasteiger partial charge < -0.3 is 15.2 Å². The third-order valence-electron chi connectivity index (χ3n) is 2.53. The van der Waals surface area contributed by atoms with Gasteiger partial charge in [0.25, 0.3) is 0 Å². The molecule has 0 aliphatic carbocycles. The largest absolute Gasteiger partial charge is 0.457 e. The first-order valence-electron chi connectivity index (χ1n) is 5.47. The Balaban J connectivity index is 1.93. The van der Waals surface area contributed by atoms with Gasteiger partial charge >= 0.3 is 0 Å². The average Bonchev–Trinajstić information content (AvgIpc) is 2.59. The van der Waals surface area contributed by atoms with Gasteiger partial charge in [0.1, 0.15) is 12.5 Å². The Hall–Kier alpha value is -0.700. The molecule has 0 atom stereocenters. The summed E-state index contributed by atoms with van der Waals surface area (Å²) < 4.78 is 10.7. The molecule has 0 aromatic heterocycles. The average molecular weight is 199 g/mol. The highest BCUT2D eigenvalue weighted by molar-refractivity contribution is 4.79. The van der Waals surface area contributed by atoms with Gasteiger partial charge in [-0.15, -0.1) is 0 Å². The molecule has 1 rings (SSSR count). The molecule has 2 N–H and O–H groups in total. The van der Waals surface area contributed by atoms with Crippen LogP contribution in [0.1, 0.15) is 45.4 Å². The maximum atomic E-state index is 5.42. The summed E-state index contributed by atoms with van der Waals surface area (Å²) in [6, 6.07) is 0. The fourth-order valence-corrected chi connectivity index (χ4v) is 1.61. The van der Waals surface area contributed by atoms with E-state index >= 15 is 0 Å². The van der Waals surface area contributed by atoms with E-state index in [9.17, 15) is 0 Å². The topological polar surface area (TPSA) is 44.5 Å². The molecule has 0 bridgehead atoms. The summed E-state index contributed by atoms with van der Waals surface area (Å²) in [7, 11) is 0. The summed E-state index contributed by atoms with van der Waals surface area (Å²) in [5.41, 5.74) is 5.42. The number of hydrogen-bond acceptors (Lipinski definition) is 3. The quantitative estimate of drug-likeness (QED) is 0.641. The van der Waals surface area contributed by atoms with Gasteiger partial charge in [0.15, 0.2) is 0 Å². The van der Waals surface area contributed by atoms with Crippen molar-refractivity contribution in [2.75, 3.05) is 6.54 Å². The molecule has 0 aromatic rings. The van der Waals surface area contributed by atoms with Crippen molar-refractivity contribution in [3.05, 3.63) is 12.5 Å². The van der Waals surface area contributed by atoms with Gasteiger partial charge in [-0.05, 0) is 19.4 Å². The predicted molar refractivity (Wildman–Crippen MR) is 56.5 cm³/mol. The van der Waals surface area contributed by atoms with Gasteiger partial charge in [0, 0.05) is 13.3 Å². The minimum atomic E-state index is -0.395. The number of hydrogen-bond donors (Lipinski definition) is 1. The minimum absolute atomic E-state index is 0.395. The lowest BCUT2D eigenvalue weighted by molar-refractivity contribution is -0.131. The van der Waals surface area contributed by atoms with E-state index in [1.807, 2.05) is 6.92 Å². The molecule has 0 spiro atoms. The van der Waals surface area contributed by atoms with E-state index < -0.39 is 5.79 Å². The van der Waals surface area contributed by atoms with E-state index in [-0.39, 0.29) is 0 Å². The lowest BCUT2D eigenvalue weighted by Gasteiger charge is -2.22. The van der Waals surface area contributed by atoms with Crippen molar-refractivity contribution in [2.45, 2.75) is 51.2 Å². The first-order chi connectivity index (χ1) is 6.77. The molecule has 0 saturated heterocycles. The van der Waals surface area contributed by atoms with Crippen LogP contribution in [0.2, 0.25) is 0 Å². The Kier molecular flexibility index (Phi) is 4.80. The van der Waals surface area contributed by atoms with Crippen LogP contribution in [0.5, 0.6) is 0 Å². The van der Waals surface area contributed by atoms with Crippen molar-refractivity contribution in [2.24, 2.45) is 5.73 Å². The highest BCUT2D eigenvalue weighted by Crippen LogP contribution is 2.25. The highest BCUT2D eigenvalue weighted by Gasteiger charge is 2.28. The summed E-state index contributed by atoms with van der Waals surface area (Å²) >= 11 is 0. The van der Waals surface area contributed by atoms with Gasteiger partial charge in [-0.2, -0.15) is 0 Å². The van der Waals surface area contributed by atoms with Crippen LogP contribution in [0.15, 0.2) is 12.5 Å². The molecule has 3 heteroatoms. The monoisotopic (exact) mass is 199 g/mol. The maximum Gasteiger partial charge on any atom is 0.247 e. The Morgan fingerprint density at radius 2 is 1.57 bits per heavy atom. The van der Waals surface area contributed by atoms with E-state index in [1.165, 1.54) is 19.3 Å². The summed E-state index contributed by atoms with van der Waals surface area (Å²) in [5, 5.41) is 0. The predicted octanol–water partition coefficient (Wildman–Crippen LogP) is 2.52. The number of rotatable bonds is 7. The Labute approximate surface area is 86.3 Å². The standard InChI is InChI=1S/C11H21NO2/c1-11(13-9-10-14-11)7-5-3-2-4-6-8-12/h9-10H,2-8,12H2,1H3. The molecule has 0 radical (unpaired) electrons. The SMILES string of the molecule is CC1(CCCCCCCN)OC=CO1. The summed E-state index contributed by atoms with van der Waals surface area (Å²) in [6.45, 7) is 2.79. The molecule has 0 amide bonds. The van der Waals surface area contributed by atoms with Gasteiger partial charge in [-0.3, -0.25) is 0 Å². The zero-order chi connectivity index (χ0) is 10.3. The fraction of sp³-hybridized carbons (Fsp3) is 0.818. The Morgan fingerprint density at radius 1 is 1.00 bits per heavy atom. The highest BCUT2D eigenvalue weighted by atomic mass is 16.7. The van der Waals surface area contributed by atoms with Crippen LogP contribution in [-0.4, -0.2) is 12.3 Å². The molecule has 0 aromatic carbocycles. The van der Waals surface area contributed by atoms with E-state index in [2.05, 4.69) is 0 Å². The number of unbranched alkanes of at least 4 members (excludes halogenated alkanes) is 4. The van der Waals surface area contributed by atoms with Crippen molar-refractivity contribution in [3.8, 4) is 0 Å². The van der Waals surface area contributed by atoms with Crippen molar-refractivity contribution in [1.29, 1.82) is 0 Å². The van der Waals surface area contributed by atoms with Crippen LogP contribution >= 0.6 is 0 Å². The van der Waals surface area contributed by atoms with Gasteiger partial charge in [0.05, 0.1) is 0 Å². The van der Waals surface area contributed by atoms with Crippen LogP contribution in [0.4, 0.5) is 0 Å². The zero-order valence-electron chi connectivity index (χ0n) is 9.00. The first-order valence-corrected chi connectivity index (χ1v) is 5.47. The number of nitrogens with two attached hydrogens (primary N) is 1. The second kappa shape index (κ2) is 5.91. The molecule has 1 aliphatic rings. The van der Waals surface area contributed by atoms with Gasteiger partial charge in [-0.25, -0.2) is 0 Å². The molecular formula is C11H21NO2. The summed E-state index contributed by atoms with van der Waals surface area (Å²) in [6.07, 6.45) is 10.2. The van der Waals surface area contributed by atoms with Crippen molar-refractivity contribution in [3.63, 3.8) is 0 Å². The third kappa shape index (κ3) is 4.01. The lowest BCUT2D eigenvalue weighted by Crippen LogP contribution is -2.24. The smallest absolute Gasteiger partial charge is 0.247 e. The second-order valence-corrected chi connectivity index (χ2v) is 3.95. The molecule has 1 heterocycles. The Bertz CT molecular complexity index is 172. The fourth-order valence-electron chi connectivity index (χ4n) is 1.61. The second-order valence-electron chi connectivity index (χ2n) is 3.95. The van der Waals surface area contributed by atoms with E-state index in [4.69, 9.17) is 15.2 Å². The van der Waals surface area contributed by atoms with Crippen LogP contribution in [0, 0.1) is 0 Å². The van der Waals surface area contributed by atoms with Crippen LogP contribution in [-0.2, 0) is 9.47 Å². The third-order valence-corrected chi connectivity index (χ3v) is 2.53. The molecule has 82 valence electrons. The summed E-state index contributed by atoms with van der Waals surface area (Å²) in [5.74, 6) is -0.395. The Morgan fingerprint density at radius 3 is 2.21 bits per heavy atom. The van der Waals surface area contributed by atoms with Crippen LogP contribution in [0.25, 0.3) is 0 Å². The molecule has 0 unspecified atom stereocenters. The van der Waals surface area contributed by atoms with E-state index in [0.29, 0.717) is 0 Å². The molecule has 0 fully saturated rings. The molecule has 1 aliphatic heterocycles. The summed E-state index contributed by atoms with van der Waals surface area (Å²) in [4.78, 5) is 0. The van der Waals surface area contributed by atoms with Crippen molar-refractivity contribution in [1.82, 2.24) is 0 Å². The van der Waals surface area contributed by atoms with Gasteiger partial charge in [-0.1, -0.05) is 19.3 Å². The van der Waals surface area contributed by atoms with E-state index in [0.717, 1.165) is 25.8 Å². The normalized spacial score (nSPS) is 17.9. The molecule has 3 nitrogen and oxygen atoms in total. The number of ether oxygens (including phenoxy) is 2. The molecule has 0 saturated carbocycles. The molecule has 14 heavy (non-hydrogen) atoms. The van der Waals surface area contributed by atoms with Crippen molar-refractivity contribution < 1.29 is 9.47 Å². The molecular weight excluding hydrogens is 178 g/mol.